The van der Waals surface area contributed by atoms with E-state index in [1.165, 1.54) is 0 Å². The number of ketones is 2. The molecular formula is C15H16O2. The first-order chi connectivity index (χ1) is 8.20. The molecule has 0 N–H and O–H groups in total. The summed E-state index contributed by atoms with van der Waals surface area (Å²) in [7, 11) is 0. The topological polar surface area (TPSA) is 34.1 Å². The predicted octanol–water partition coefficient (Wildman–Crippen LogP) is 3.57. The number of benzene rings is 1. The Kier molecular flexibility index (Phi) is 3.23. The molecule has 1 aromatic rings. The largest absolute Gasteiger partial charge is 0.289 e. The smallest absolute Gasteiger partial charge is 0.190 e. The van der Waals surface area contributed by atoms with E-state index in [-0.39, 0.29) is 11.6 Å². The molecule has 0 spiro atoms. The van der Waals surface area contributed by atoms with Crippen LogP contribution >= 0.6 is 0 Å². The Hall–Kier alpha value is -1.70. The Labute approximate surface area is 101 Å². The van der Waals surface area contributed by atoms with E-state index in [1.807, 2.05) is 26.0 Å². The van der Waals surface area contributed by atoms with Crippen molar-refractivity contribution in [3.05, 3.63) is 46.5 Å². The molecule has 2 nitrogen and oxygen atoms in total. The zero-order valence-corrected chi connectivity index (χ0v) is 10.2. The summed E-state index contributed by atoms with van der Waals surface area (Å²) in [5.41, 5.74) is 2.56. The third kappa shape index (κ3) is 1.84. The highest BCUT2D eigenvalue weighted by Gasteiger charge is 2.29. The van der Waals surface area contributed by atoms with Gasteiger partial charge in [-0.3, -0.25) is 9.59 Å². The lowest BCUT2D eigenvalue weighted by Crippen LogP contribution is -2.21. The minimum Gasteiger partial charge on any atom is -0.289 e. The standard InChI is InChI=1S/C15H16O2/c1-3-7-11-10(4-2)14(16)12-8-5-6-9-13(12)15(11)17/h5-6,8-9H,3-4,7H2,1-2H3. The molecule has 0 saturated heterocycles. The van der Waals surface area contributed by atoms with Gasteiger partial charge in [-0.15, -0.1) is 0 Å². The molecule has 17 heavy (non-hydrogen) atoms. The third-order valence-corrected chi connectivity index (χ3v) is 3.18. The van der Waals surface area contributed by atoms with Crippen LogP contribution in [0, 0.1) is 0 Å². The fraction of sp³-hybridized carbons (Fsp3) is 0.333. The second kappa shape index (κ2) is 4.66. The zero-order valence-electron chi connectivity index (χ0n) is 10.2. The van der Waals surface area contributed by atoms with Gasteiger partial charge in [-0.2, -0.15) is 0 Å². The van der Waals surface area contributed by atoms with Crippen LogP contribution in [0.4, 0.5) is 0 Å². The quantitative estimate of drug-likeness (QED) is 0.792. The van der Waals surface area contributed by atoms with Gasteiger partial charge in [0.2, 0.25) is 0 Å². The number of allylic oxidation sites excluding steroid dienone is 2. The molecule has 0 atom stereocenters. The van der Waals surface area contributed by atoms with Crippen molar-refractivity contribution in [2.75, 3.05) is 0 Å². The van der Waals surface area contributed by atoms with Gasteiger partial charge in [-0.1, -0.05) is 44.5 Å². The van der Waals surface area contributed by atoms with Crippen molar-refractivity contribution in [2.45, 2.75) is 33.1 Å². The summed E-state index contributed by atoms with van der Waals surface area (Å²) in [6, 6.07) is 7.11. The number of hydrogen-bond acceptors (Lipinski definition) is 2. The van der Waals surface area contributed by atoms with Crippen LogP contribution in [-0.4, -0.2) is 11.6 Å². The molecule has 0 fully saturated rings. The molecule has 0 radical (unpaired) electrons. The van der Waals surface area contributed by atoms with E-state index in [2.05, 4.69) is 0 Å². The molecular weight excluding hydrogens is 212 g/mol. The van der Waals surface area contributed by atoms with Gasteiger partial charge in [0.05, 0.1) is 0 Å². The molecule has 2 rings (SSSR count). The van der Waals surface area contributed by atoms with E-state index in [0.717, 1.165) is 12.0 Å². The molecule has 0 saturated carbocycles. The Morgan fingerprint density at radius 2 is 1.41 bits per heavy atom. The lowest BCUT2D eigenvalue weighted by molar-refractivity contribution is 0.0969. The molecule has 1 aliphatic carbocycles. The highest BCUT2D eigenvalue weighted by molar-refractivity contribution is 6.26. The van der Waals surface area contributed by atoms with E-state index in [4.69, 9.17) is 0 Å². The maximum Gasteiger partial charge on any atom is 0.190 e. The molecule has 0 aliphatic heterocycles. The monoisotopic (exact) mass is 228 g/mol. The van der Waals surface area contributed by atoms with Gasteiger partial charge in [0.25, 0.3) is 0 Å². The first-order valence-electron chi connectivity index (χ1n) is 6.11. The van der Waals surface area contributed by atoms with Crippen molar-refractivity contribution < 1.29 is 9.59 Å². The second-order valence-electron chi connectivity index (χ2n) is 4.26. The van der Waals surface area contributed by atoms with Crippen molar-refractivity contribution in [3.8, 4) is 0 Å². The fourth-order valence-corrected chi connectivity index (χ4v) is 2.37. The lowest BCUT2D eigenvalue weighted by atomic mass is 9.81. The summed E-state index contributed by atoms with van der Waals surface area (Å²) in [5.74, 6) is 0.0741. The summed E-state index contributed by atoms with van der Waals surface area (Å²) in [5, 5.41) is 0. The summed E-state index contributed by atoms with van der Waals surface area (Å²) in [6.07, 6.45) is 2.22. The summed E-state index contributed by atoms with van der Waals surface area (Å²) in [6.45, 7) is 3.96. The van der Waals surface area contributed by atoms with E-state index in [9.17, 15) is 9.59 Å². The average molecular weight is 228 g/mol. The SMILES string of the molecule is CCCC1=C(CC)C(=O)c2ccccc2C1=O. The van der Waals surface area contributed by atoms with E-state index in [0.29, 0.717) is 29.5 Å². The zero-order chi connectivity index (χ0) is 12.4. The summed E-state index contributed by atoms with van der Waals surface area (Å²) < 4.78 is 0. The molecule has 0 unspecified atom stereocenters. The highest BCUT2D eigenvalue weighted by Crippen LogP contribution is 2.30. The van der Waals surface area contributed by atoms with Crippen LogP contribution in [0.15, 0.2) is 35.4 Å². The Balaban J connectivity index is 2.60. The van der Waals surface area contributed by atoms with Crippen molar-refractivity contribution in [3.63, 3.8) is 0 Å². The predicted molar refractivity (Wildman–Crippen MR) is 67.3 cm³/mol. The lowest BCUT2D eigenvalue weighted by Gasteiger charge is -2.19. The van der Waals surface area contributed by atoms with Gasteiger partial charge in [-0.25, -0.2) is 0 Å². The van der Waals surface area contributed by atoms with Crippen LogP contribution in [-0.2, 0) is 0 Å². The molecule has 0 heterocycles. The molecule has 2 heteroatoms. The highest BCUT2D eigenvalue weighted by atomic mass is 16.1. The molecule has 1 aliphatic rings. The number of fused-ring (bicyclic) bond motifs is 1. The van der Waals surface area contributed by atoms with Crippen LogP contribution in [0.3, 0.4) is 0 Å². The number of rotatable bonds is 3. The first kappa shape index (κ1) is 11.8. The molecule has 0 bridgehead atoms. The van der Waals surface area contributed by atoms with Crippen LogP contribution in [0.1, 0.15) is 53.8 Å². The normalized spacial score (nSPS) is 15.2. The Morgan fingerprint density at radius 3 is 1.88 bits per heavy atom. The molecule has 0 aromatic heterocycles. The van der Waals surface area contributed by atoms with Gasteiger partial charge in [0.15, 0.2) is 11.6 Å². The summed E-state index contributed by atoms with van der Waals surface area (Å²) in [4.78, 5) is 24.6. The number of hydrogen-bond donors (Lipinski definition) is 0. The second-order valence-corrected chi connectivity index (χ2v) is 4.26. The van der Waals surface area contributed by atoms with Crippen LogP contribution in [0.2, 0.25) is 0 Å². The van der Waals surface area contributed by atoms with Crippen LogP contribution in [0.25, 0.3) is 0 Å². The average Bonchev–Trinajstić information content (AvgIpc) is 2.36. The van der Waals surface area contributed by atoms with Gasteiger partial charge in [0.1, 0.15) is 0 Å². The summed E-state index contributed by atoms with van der Waals surface area (Å²) >= 11 is 0. The fourth-order valence-electron chi connectivity index (χ4n) is 2.37. The molecule has 0 amide bonds. The Bertz CT molecular complexity index is 509. The number of Topliss-reactive ketones (excluding diaryl/α,β-unsaturated/α-hetero) is 2. The van der Waals surface area contributed by atoms with Gasteiger partial charge in [0, 0.05) is 22.3 Å². The number of carbonyl (C=O) groups is 2. The number of carbonyl (C=O) groups excluding carboxylic acids is 2. The van der Waals surface area contributed by atoms with Crippen LogP contribution in [0.5, 0.6) is 0 Å². The van der Waals surface area contributed by atoms with Gasteiger partial charge in [-0.05, 0) is 12.8 Å². The van der Waals surface area contributed by atoms with Crippen molar-refractivity contribution in [1.29, 1.82) is 0 Å². The minimum atomic E-state index is 0.0335. The van der Waals surface area contributed by atoms with Gasteiger partial charge < -0.3 is 0 Å². The minimum absolute atomic E-state index is 0.0335. The Morgan fingerprint density at radius 1 is 0.882 bits per heavy atom. The van der Waals surface area contributed by atoms with Crippen molar-refractivity contribution in [2.24, 2.45) is 0 Å². The van der Waals surface area contributed by atoms with Crippen LogP contribution < -0.4 is 0 Å². The maximum atomic E-state index is 12.3. The van der Waals surface area contributed by atoms with E-state index in [1.54, 1.807) is 12.1 Å². The van der Waals surface area contributed by atoms with Crippen molar-refractivity contribution >= 4 is 11.6 Å². The van der Waals surface area contributed by atoms with E-state index < -0.39 is 0 Å². The van der Waals surface area contributed by atoms with Gasteiger partial charge >= 0.3 is 0 Å². The maximum absolute atomic E-state index is 12.3. The first-order valence-corrected chi connectivity index (χ1v) is 6.11. The molecule has 88 valence electrons. The third-order valence-electron chi connectivity index (χ3n) is 3.18. The van der Waals surface area contributed by atoms with Crippen molar-refractivity contribution in [1.82, 2.24) is 0 Å². The van der Waals surface area contributed by atoms with E-state index >= 15 is 0 Å². The molecule has 1 aromatic carbocycles.